The van der Waals surface area contributed by atoms with Crippen LogP contribution in [0.2, 0.25) is 0 Å². The topological polar surface area (TPSA) is 61.2 Å². The van der Waals surface area contributed by atoms with Gasteiger partial charge in [0, 0.05) is 18.9 Å². The predicted octanol–water partition coefficient (Wildman–Crippen LogP) is 3.93. The lowest BCUT2D eigenvalue weighted by molar-refractivity contribution is 0.415. The molecule has 0 aliphatic heterocycles. The zero-order valence-corrected chi connectivity index (χ0v) is 15.6. The summed E-state index contributed by atoms with van der Waals surface area (Å²) in [4.78, 5) is 4.57. The summed E-state index contributed by atoms with van der Waals surface area (Å²) in [6, 6.07) is 17.7. The minimum atomic E-state index is -3.58. The highest BCUT2D eigenvalue weighted by atomic mass is 32.2. The highest BCUT2D eigenvalue weighted by Gasteiger charge is 2.18. The lowest BCUT2D eigenvalue weighted by Crippen LogP contribution is -2.03. The van der Waals surface area contributed by atoms with Crippen LogP contribution in [0.5, 0.6) is 5.75 Å². The maximum Gasteiger partial charge on any atom is 0.206 e. The Hall–Kier alpha value is -3.12. The summed E-state index contributed by atoms with van der Waals surface area (Å²) in [5.74, 6) is 0.742. The SMILES string of the molecule is COc1ccc2cc(S(=O)(=O)c3ccc(Cn4ccnc4)cc3)ccc2c1. The van der Waals surface area contributed by atoms with Gasteiger partial charge in [0.1, 0.15) is 5.75 Å². The van der Waals surface area contributed by atoms with Crippen molar-refractivity contribution in [2.75, 3.05) is 7.11 Å². The van der Waals surface area contributed by atoms with Gasteiger partial charge in [0.15, 0.2) is 0 Å². The van der Waals surface area contributed by atoms with Crippen molar-refractivity contribution in [1.82, 2.24) is 9.55 Å². The molecule has 0 radical (unpaired) electrons. The Labute approximate surface area is 157 Å². The fraction of sp³-hybridized carbons (Fsp3) is 0.0952. The van der Waals surface area contributed by atoms with Crippen molar-refractivity contribution in [2.45, 2.75) is 16.3 Å². The highest BCUT2D eigenvalue weighted by Crippen LogP contribution is 2.27. The number of imidazole rings is 1. The van der Waals surface area contributed by atoms with Crippen LogP contribution >= 0.6 is 0 Å². The average Bonchev–Trinajstić information content (AvgIpc) is 3.20. The van der Waals surface area contributed by atoms with Gasteiger partial charge in [0.25, 0.3) is 0 Å². The van der Waals surface area contributed by atoms with Gasteiger partial charge in [-0.25, -0.2) is 13.4 Å². The van der Waals surface area contributed by atoms with E-state index in [9.17, 15) is 8.42 Å². The minimum Gasteiger partial charge on any atom is -0.497 e. The Morgan fingerprint density at radius 2 is 1.63 bits per heavy atom. The Morgan fingerprint density at radius 3 is 2.33 bits per heavy atom. The first-order valence-corrected chi connectivity index (χ1v) is 9.92. The Balaban J connectivity index is 1.65. The number of hydrogen-bond acceptors (Lipinski definition) is 4. The lowest BCUT2D eigenvalue weighted by Gasteiger charge is -2.09. The number of benzene rings is 3. The molecule has 27 heavy (non-hydrogen) atoms. The van der Waals surface area contributed by atoms with Crippen molar-refractivity contribution in [1.29, 1.82) is 0 Å². The van der Waals surface area contributed by atoms with Crippen LogP contribution in [0.25, 0.3) is 10.8 Å². The van der Waals surface area contributed by atoms with E-state index in [0.717, 1.165) is 22.1 Å². The quantitative estimate of drug-likeness (QED) is 0.528. The maximum absolute atomic E-state index is 13.0. The first-order chi connectivity index (χ1) is 13.1. The van der Waals surface area contributed by atoms with Crippen LogP contribution in [0, 0.1) is 0 Å². The van der Waals surface area contributed by atoms with Gasteiger partial charge in [-0.05, 0) is 52.7 Å². The van der Waals surface area contributed by atoms with Crippen LogP contribution in [-0.2, 0) is 16.4 Å². The van der Waals surface area contributed by atoms with Crippen molar-refractivity contribution in [3.63, 3.8) is 0 Å². The third-order valence-corrected chi connectivity index (χ3v) is 6.25. The molecule has 136 valence electrons. The number of fused-ring (bicyclic) bond motifs is 1. The van der Waals surface area contributed by atoms with Gasteiger partial charge in [0.2, 0.25) is 9.84 Å². The molecule has 5 nitrogen and oxygen atoms in total. The summed E-state index contributed by atoms with van der Waals surface area (Å²) in [5, 5.41) is 1.79. The van der Waals surface area contributed by atoms with E-state index in [1.165, 1.54) is 0 Å². The van der Waals surface area contributed by atoms with Crippen LogP contribution < -0.4 is 4.74 Å². The molecule has 0 spiro atoms. The van der Waals surface area contributed by atoms with Crippen molar-refractivity contribution < 1.29 is 13.2 Å². The van der Waals surface area contributed by atoms with Gasteiger partial charge < -0.3 is 9.30 Å². The number of methoxy groups -OCH3 is 1. The molecule has 0 amide bonds. The zero-order valence-electron chi connectivity index (χ0n) is 14.7. The molecule has 1 aromatic heterocycles. The highest BCUT2D eigenvalue weighted by molar-refractivity contribution is 7.91. The largest absolute Gasteiger partial charge is 0.497 e. The van der Waals surface area contributed by atoms with E-state index in [1.807, 2.05) is 41.1 Å². The van der Waals surface area contributed by atoms with Crippen molar-refractivity contribution in [3.8, 4) is 5.75 Å². The number of ether oxygens (including phenoxy) is 1. The smallest absolute Gasteiger partial charge is 0.206 e. The van der Waals surface area contributed by atoms with E-state index in [0.29, 0.717) is 6.54 Å². The first kappa shape index (κ1) is 17.3. The van der Waals surface area contributed by atoms with E-state index in [4.69, 9.17) is 4.74 Å². The molecular weight excluding hydrogens is 360 g/mol. The zero-order chi connectivity index (χ0) is 18.9. The Kier molecular flexibility index (Phi) is 4.41. The molecule has 0 N–H and O–H groups in total. The third-order valence-electron chi connectivity index (χ3n) is 4.49. The summed E-state index contributed by atoms with van der Waals surface area (Å²) in [5.41, 5.74) is 1.01. The molecule has 6 heteroatoms. The van der Waals surface area contributed by atoms with Gasteiger partial charge in [-0.2, -0.15) is 0 Å². The van der Waals surface area contributed by atoms with Crippen molar-refractivity contribution in [3.05, 3.63) is 84.9 Å². The average molecular weight is 378 g/mol. The summed E-state index contributed by atoms with van der Waals surface area (Å²) < 4.78 is 33.1. The van der Waals surface area contributed by atoms with Gasteiger partial charge in [0.05, 0.1) is 23.2 Å². The molecule has 0 fully saturated rings. The second-order valence-corrected chi connectivity index (χ2v) is 8.21. The van der Waals surface area contributed by atoms with Crippen LogP contribution in [0.15, 0.2) is 89.2 Å². The number of aromatic nitrogens is 2. The summed E-state index contributed by atoms with van der Waals surface area (Å²) in [7, 11) is -1.97. The normalized spacial score (nSPS) is 11.6. The fourth-order valence-electron chi connectivity index (χ4n) is 3.00. The van der Waals surface area contributed by atoms with Crippen molar-refractivity contribution >= 4 is 20.6 Å². The number of sulfone groups is 1. The van der Waals surface area contributed by atoms with Crippen molar-refractivity contribution in [2.24, 2.45) is 0 Å². The lowest BCUT2D eigenvalue weighted by atomic mass is 10.1. The van der Waals surface area contributed by atoms with Gasteiger partial charge in [-0.3, -0.25) is 0 Å². The maximum atomic E-state index is 13.0. The standard InChI is InChI=1S/C21H18N2O3S/c1-26-19-6-4-18-13-21(9-5-17(18)12-19)27(24,25)20-7-2-16(3-8-20)14-23-11-10-22-15-23/h2-13,15H,14H2,1H3. The minimum absolute atomic E-state index is 0.280. The second-order valence-electron chi connectivity index (χ2n) is 6.26. The Bertz CT molecular complexity index is 1180. The number of hydrogen-bond donors (Lipinski definition) is 0. The van der Waals surface area contributed by atoms with Crippen LogP contribution in [-0.4, -0.2) is 25.1 Å². The molecule has 0 saturated carbocycles. The molecular formula is C21H18N2O3S. The van der Waals surface area contributed by atoms with Crippen LogP contribution in [0.3, 0.4) is 0 Å². The monoisotopic (exact) mass is 378 g/mol. The van der Waals surface area contributed by atoms with Gasteiger partial charge in [-0.15, -0.1) is 0 Å². The third kappa shape index (κ3) is 3.44. The van der Waals surface area contributed by atoms with Crippen LogP contribution in [0.4, 0.5) is 0 Å². The second kappa shape index (κ2) is 6.89. The number of nitrogens with zero attached hydrogens (tertiary/aromatic N) is 2. The number of rotatable bonds is 5. The molecule has 0 aliphatic rings. The molecule has 0 atom stereocenters. The van der Waals surface area contributed by atoms with E-state index in [1.54, 1.807) is 50.0 Å². The first-order valence-electron chi connectivity index (χ1n) is 8.44. The molecule has 0 saturated heterocycles. The molecule has 4 aromatic rings. The Morgan fingerprint density at radius 1 is 0.926 bits per heavy atom. The molecule has 0 bridgehead atoms. The fourth-order valence-corrected chi connectivity index (χ4v) is 4.29. The van der Waals surface area contributed by atoms with E-state index in [2.05, 4.69) is 4.98 Å². The molecule has 3 aromatic carbocycles. The van der Waals surface area contributed by atoms with E-state index >= 15 is 0 Å². The molecule has 1 heterocycles. The molecule has 0 unspecified atom stereocenters. The predicted molar refractivity (Wildman–Crippen MR) is 104 cm³/mol. The van der Waals surface area contributed by atoms with E-state index < -0.39 is 9.84 Å². The van der Waals surface area contributed by atoms with Gasteiger partial charge >= 0.3 is 0 Å². The molecule has 4 rings (SSSR count). The van der Waals surface area contributed by atoms with E-state index in [-0.39, 0.29) is 9.79 Å². The summed E-state index contributed by atoms with van der Waals surface area (Å²) in [6.07, 6.45) is 5.32. The van der Waals surface area contributed by atoms with Gasteiger partial charge in [-0.1, -0.05) is 24.3 Å². The molecule has 0 aliphatic carbocycles. The summed E-state index contributed by atoms with van der Waals surface area (Å²) >= 11 is 0. The van der Waals surface area contributed by atoms with Crippen LogP contribution in [0.1, 0.15) is 5.56 Å². The summed E-state index contributed by atoms with van der Waals surface area (Å²) in [6.45, 7) is 0.651.